The molecule has 2 aliphatic carbocycles. The van der Waals surface area contributed by atoms with Gasteiger partial charge in [0.05, 0.1) is 4.75 Å². The smallest absolute Gasteiger partial charge is 0.236 e. The van der Waals surface area contributed by atoms with E-state index < -0.39 is 0 Å². The lowest BCUT2D eigenvalue weighted by atomic mass is 9.95. The molecular formula is C16H24ClNOS. The van der Waals surface area contributed by atoms with Crippen LogP contribution >= 0.6 is 23.4 Å². The average Bonchev–Trinajstić information content (AvgIpc) is 3.21. The molecule has 0 aromatic heterocycles. The monoisotopic (exact) mass is 313 g/mol. The highest BCUT2D eigenvalue weighted by atomic mass is 35.5. The molecule has 0 heterocycles. The van der Waals surface area contributed by atoms with E-state index in [1.165, 1.54) is 19.3 Å². The number of halogens is 1. The number of hydrogen-bond donors (Lipinski definition) is 1. The van der Waals surface area contributed by atoms with Crippen LogP contribution in [0.2, 0.25) is 0 Å². The summed E-state index contributed by atoms with van der Waals surface area (Å²) in [6, 6.07) is 0.400. The van der Waals surface area contributed by atoms with Crippen LogP contribution in [0.25, 0.3) is 0 Å². The van der Waals surface area contributed by atoms with Crippen LogP contribution < -0.4 is 5.32 Å². The third kappa shape index (κ3) is 4.29. The SMILES string of the molecule is C/C=C\C(=C/CCl)SC1(C(=O)NC2CCCCC2)CC1. The third-order valence-electron chi connectivity index (χ3n) is 3.98. The predicted octanol–water partition coefficient (Wildman–Crippen LogP) is 4.40. The van der Waals surface area contributed by atoms with Crippen molar-refractivity contribution in [2.45, 2.75) is 62.7 Å². The fourth-order valence-electron chi connectivity index (χ4n) is 2.66. The highest BCUT2D eigenvalue weighted by Gasteiger charge is 2.51. The van der Waals surface area contributed by atoms with Crippen LogP contribution in [0.5, 0.6) is 0 Å². The second-order valence-corrected chi connectivity index (χ2v) is 7.43. The number of amides is 1. The van der Waals surface area contributed by atoms with E-state index in [0.29, 0.717) is 11.9 Å². The van der Waals surface area contributed by atoms with E-state index in [-0.39, 0.29) is 10.7 Å². The van der Waals surface area contributed by atoms with Gasteiger partial charge in [0.15, 0.2) is 0 Å². The lowest BCUT2D eigenvalue weighted by Crippen LogP contribution is -2.42. The molecule has 0 aromatic rings. The van der Waals surface area contributed by atoms with Crippen molar-refractivity contribution in [2.24, 2.45) is 0 Å². The number of carbonyl (C=O) groups is 1. The topological polar surface area (TPSA) is 29.1 Å². The number of hydrogen-bond acceptors (Lipinski definition) is 2. The summed E-state index contributed by atoms with van der Waals surface area (Å²) in [7, 11) is 0. The van der Waals surface area contributed by atoms with E-state index in [1.807, 2.05) is 25.2 Å². The molecule has 1 amide bonds. The van der Waals surface area contributed by atoms with Crippen LogP contribution in [0, 0.1) is 0 Å². The maximum Gasteiger partial charge on any atom is 0.236 e. The van der Waals surface area contributed by atoms with Crippen molar-refractivity contribution < 1.29 is 4.79 Å². The number of rotatable bonds is 6. The van der Waals surface area contributed by atoms with Gasteiger partial charge in [0.25, 0.3) is 0 Å². The van der Waals surface area contributed by atoms with Gasteiger partial charge in [-0.2, -0.15) is 0 Å². The van der Waals surface area contributed by atoms with Gasteiger partial charge in [-0.1, -0.05) is 37.5 Å². The summed E-state index contributed by atoms with van der Waals surface area (Å²) in [4.78, 5) is 13.6. The summed E-state index contributed by atoms with van der Waals surface area (Å²) >= 11 is 7.47. The largest absolute Gasteiger partial charge is 0.352 e. The van der Waals surface area contributed by atoms with Crippen molar-refractivity contribution in [3.8, 4) is 0 Å². The Balaban J connectivity index is 1.92. The molecule has 2 rings (SSSR count). The third-order valence-corrected chi connectivity index (χ3v) is 5.66. The van der Waals surface area contributed by atoms with Crippen LogP contribution in [0.4, 0.5) is 0 Å². The predicted molar refractivity (Wildman–Crippen MR) is 88.2 cm³/mol. The van der Waals surface area contributed by atoms with Crippen molar-refractivity contribution >= 4 is 29.3 Å². The molecular weight excluding hydrogens is 290 g/mol. The molecule has 0 bridgehead atoms. The Hall–Kier alpha value is -0.410. The normalized spacial score (nSPS) is 23.0. The van der Waals surface area contributed by atoms with Gasteiger partial charge in [-0.25, -0.2) is 0 Å². The number of allylic oxidation sites excluding steroid dienone is 3. The molecule has 0 spiro atoms. The summed E-state index contributed by atoms with van der Waals surface area (Å²) in [5, 5.41) is 3.27. The fraction of sp³-hybridized carbons (Fsp3) is 0.688. The van der Waals surface area contributed by atoms with E-state index in [9.17, 15) is 4.79 Å². The van der Waals surface area contributed by atoms with E-state index in [4.69, 9.17) is 11.6 Å². The molecule has 0 aliphatic heterocycles. The summed E-state index contributed by atoms with van der Waals surface area (Å²) in [6.07, 6.45) is 14.1. The van der Waals surface area contributed by atoms with Gasteiger partial charge in [0, 0.05) is 16.8 Å². The molecule has 2 fully saturated rings. The molecule has 0 aromatic carbocycles. The molecule has 0 saturated heterocycles. The molecule has 4 heteroatoms. The van der Waals surface area contributed by atoms with Crippen LogP contribution in [0.15, 0.2) is 23.1 Å². The van der Waals surface area contributed by atoms with E-state index in [0.717, 1.165) is 30.6 Å². The quantitative estimate of drug-likeness (QED) is 0.581. The lowest BCUT2D eigenvalue weighted by Gasteiger charge is -2.25. The van der Waals surface area contributed by atoms with Gasteiger partial charge in [-0.15, -0.1) is 23.4 Å². The van der Waals surface area contributed by atoms with Gasteiger partial charge in [-0.05, 0) is 32.6 Å². The number of nitrogens with one attached hydrogen (secondary N) is 1. The lowest BCUT2D eigenvalue weighted by molar-refractivity contribution is -0.122. The Morgan fingerprint density at radius 3 is 2.60 bits per heavy atom. The van der Waals surface area contributed by atoms with Gasteiger partial charge >= 0.3 is 0 Å². The minimum Gasteiger partial charge on any atom is -0.352 e. The Kier molecular flexibility index (Phi) is 6.03. The summed E-state index contributed by atoms with van der Waals surface area (Å²) < 4.78 is -0.227. The van der Waals surface area contributed by atoms with E-state index in [2.05, 4.69) is 5.32 Å². The molecule has 20 heavy (non-hydrogen) atoms. The first-order valence-electron chi connectivity index (χ1n) is 7.59. The van der Waals surface area contributed by atoms with E-state index >= 15 is 0 Å². The highest BCUT2D eigenvalue weighted by Crippen LogP contribution is 2.52. The minimum atomic E-state index is -0.227. The zero-order chi connectivity index (χ0) is 14.4. The van der Waals surface area contributed by atoms with Crippen molar-refractivity contribution in [1.29, 1.82) is 0 Å². The van der Waals surface area contributed by atoms with Crippen molar-refractivity contribution in [3.05, 3.63) is 23.1 Å². The molecule has 112 valence electrons. The number of alkyl halides is 1. The molecule has 0 unspecified atom stereocenters. The molecule has 0 radical (unpaired) electrons. The zero-order valence-electron chi connectivity index (χ0n) is 12.2. The summed E-state index contributed by atoms with van der Waals surface area (Å²) in [5.74, 6) is 0.729. The highest BCUT2D eigenvalue weighted by molar-refractivity contribution is 8.05. The Labute approximate surface area is 131 Å². The number of thioether (sulfide) groups is 1. The standard InChI is InChI=1S/C16H24ClNOS/c1-2-6-14(9-12-17)20-16(10-11-16)15(19)18-13-7-4-3-5-8-13/h2,6,9,13H,3-5,7-8,10-12H2,1H3,(H,18,19)/b6-2-,14-9+. The maximum absolute atomic E-state index is 12.5. The van der Waals surface area contributed by atoms with Gasteiger partial charge in [-0.3, -0.25) is 4.79 Å². The number of carbonyl (C=O) groups excluding carboxylic acids is 1. The summed E-state index contributed by atoms with van der Waals surface area (Å²) in [6.45, 7) is 1.99. The van der Waals surface area contributed by atoms with Crippen LogP contribution in [-0.4, -0.2) is 22.6 Å². The van der Waals surface area contributed by atoms with Gasteiger partial charge in [0.2, 0.25) is 5.91 Å². The van der Waals surface area contributed by atoms with Crippen molar-refractivity contribution in [1.82, 2.24) is 5.32 Å². The first kappa shape index (κ1) is 16.0. The second kappa shape index (κ2) is 7.56. The fourth-order valence-corrected chi connectivity index (χ4v) is 4.20. The Bertz CT molecular complexity index is 395. The zero-order valence-corrected chi connectivity index (χ0v) is 13.7. The minimum absolute atomic E-state index is 0.227. The Morgan fingerprint density at radius 2 is 2.05 bits per heavy atom. The van der Waals surface area contributed by atoms with Gasteiger partial charge in [0.1, 0.15) is 0 Å². The van der Waals surface area contributed by atoms with Gasteiger partial charge < -0.3 is 5.32 Å². The molecule has 2 aliphatic rings. The molecule has 2 saturated carbocycles. The van der Waals surface area contributed by atoms with Crippen LogP contribution in [0.3, 0.4) is 0 Å². The first-order valence-corrected chi connectivity index (χ1v) is 8.94. The van der Waals surface area contributed by atoms with Crippen molar-refractivity contribution in [2.75, 3.05) is 5.88 Å². The summed E-state index contributed by atoms with van der Waals surface area (Å²) in [5.41, 5.74) is 0. The van der Waals surface area contributed by atoms with Crippen LogP contribution in [-0.2, 0) is 4.79 Å². The van der Waals surface area contributed by atoms with Crippen molar-refractivity contribution in [3.63, 3.8) is 0 Å². The molecule has 0 atom stereocenters. The molecule has 2 nitrogen and oxygen atoms in total. The first-order chi connectivity index (χ1) is 9.70. The molecule has 1 N–H and O–H groups in total. The van der Waals surface area contributed by atoms with Crippen LogP contribution in [0.1, 0.15) is 51.9 Å². The Morgan fingerprint density at radius 1 is 1.35 bits per heavy atom. The maximum atomic E-state index is 12.5. The van der Waals surface area contributed by atoms with E-state index in [1.54, 1.807) is 11.8 Å². The second-order valence-electron chi connectivity index (χ2n) is 5.67. The average molecular weight is 314 g/mol.